The Morgan fingerprint density at radius 1 is 1.07 bits per heavy atom. The lowest BCUT2D eigenvalue weighted by molar-refractivity contribution is -0.112. The Balaban J connectivity index is 1.82. The van der Waals surface area contributed by atoms with E-state index in [1.807, 2.05) is 43.3 Å². The molecule has 0 atom stereocenters. The third kappa shape index (κ3) is 4.54. The van der Waals surface area contributed by atoms with Crippen LogP contribution in [0.5, 0.6) is 0 Å². The Morgan fingerprint density at radius 3 is 2.27 bits per heavy atom. The second-order valence-electron chi connectivity index (χ2n) is 7.12. The quantitative estimate of drug-likeness (QED) is 0.469. The predicted octanol–water partition coefficient (Wildman–Crippen LogP) is 4.47. The molecule has 0 bridgehead atoms. The van der Waals surface area contributed by atoms with E-state index in [4.69, 9.17) is 0 Å². The summed E-state index contributed by atoms with van der Waals surface area (Å²) in [6.45, 7) is 7.01. The Hall–Kier alpha value is -3.94. The van der Waals surface area contributed by atoms with E-state index in [0.29, 0.717) is 28.3 Å². The van der Waals surface area contributed by atoms with Crippen LogP contribution in [0.4, 0.5) is 22.7 Å². The summed E-state index contributed by atoms with van der Waals surface area (Å²) >= 11 is 0. The summed E-state index contributed by atoms with van der Waals surface area (Å²) < 4.78 is 1.39. The molecular weight excluding hydrogens is 380 g/mol. The van der Waals surface area contributed by atoms with Crippen LogP contribution in [0.15, 0.2) is 75.7 Å². The molecule has 8 heteroatoms. The molecule has 1 aromatic heterocycles. The van der Waals surface area contributed by atoms with Crippen LogP contribution < -0.4 is 15.8 Å². The average Bonchev–Trinajstić information content (AvgIpc) is 3.00. The van der Waals surface area contributed by atoms with Gasteiger partial charge in [0.15, 0.2) is 5.69 Å². The Morgan fingerprint density at radius 2 is 1.70 bits per heavy atom. The maximum atomic E-state index is 12.8. The standard InChI is InChI=1S/C22H24N6O2/c1-14(2)21(29)23-16-6-12-19(13-7-16)28-22(30)20(15(3)26-28)25-24-17-8-10-18(11-9-17)27(4)5/h6-13,26H,1H2,2-5H3,(H,23,29). The number of benzene rings is 2. The van der Waals surface area contributed by atoms with Crippen LogP contribution in [0.2, 0.25) is 0 Å². The fourth-order valence-corrected chi connectivity index (χ4v) is 2.69. The highest BCUT2D eigenvalue weighted by Gasteiger charge is 2.12. The van der Waals surface area contributed by atoms with Crippen molar-refractivity contribution < 1.29 is 4.79 Å². The molecule has 0 unspecified atom stereocenters. The maximum Gasteiger partial charge on any atom is 0.299 e. The molecule has 1 amide bonds. The molecule has 154 valence electrons. The van der Waals surface area contributed by atoms with Gasteiger partial charge in [-0.2, -0.15) is 5.11 Å². The molecule has 0 saturated heterocycles. The number of aryl methyl sites for hydroxylation is 1. The number of carbonyl (C=O) groups excluding carboxylic acids is 1. The molecule has 3 aromatic rings. The number of hydrogen-bond donors (Lipinski definition) is 2. The van der Waals surface area contributed by atoms with Gasteiger partial charge >= 0.3 is 0 Å². The van der Waals surface area contributed by atoms with E-state index >= 15 is 0 Å². The van der Waals surface area contributed by atoms with Gasteiger partial charge in [-0.15, -0.1) is 5.11 Å². The fourth-order valence-electron chi connectivity index (χ4n) is 2.69. The van der Waals surface area contributed by atoms with Gasteiger partial charge in [-0.25, -0.2) is 4.68 Å². The number of amides is 1. The topological polar surface area (TPSA) is 94.8 Å². The molecule has 0 spiro atoms. The van der Waals surface area contributed by atoms with Crippen LogP contribution in [0.25, 0.3) is 5.69 Å². The SMILES string of the molecule is C=C(C)C(=O)Nc1ccc(-n2[nH]c(C)c(N=Nc3ccc(N(C)C)cc3)c2=O)cc1. The molecule has 8 nitrogen and oxygen atoms in total. The molecule has 3 rings (SSSR count). The van der Waals surface area contributed by atoms with Gasteiger partial charge in [0.05, 0.1) is 17.1 Å². The molecule has 30 heavy (non-hydrogen) atoms. The van der Waals surface area contributed by atoms with Crippen LogP contribution in [0, 0.1) is 6.92 Å². The lowest BCUT2D eigenvalue weighted by Gasteiger charge is -2.11. The van der Waals surface area contributed by atoms with Gasteiger partial charge in [0.1, 0.15) is 0 Å². The minimum absolute atomic E-state index is 0.242. The summed E-state index contributed by atoms with van der Waals surface area (Å²) in [5.41, 5.74) is 3.90. The molecule has 0 radical (unpaired) electrons. The van der Waals surface area contributed by atoms with Crippen LogP contribution in [0.1, 0.15) is 12.6 Å². The summed E-state index contributed by atoms with van der Waals surface area (Å²) in [5.74, 6) is -0.253. The van der Waals surface area contributed by atoms with Gasteiger partial charge < -0.3 is 10.2 Å². The first-order valence-electron chi connectivity index (χ1n) is 9.34. The summed E-state index contributed by atoms with van der Waals surface area (Å²) in [4.78, 5) is 26.5. The molecule has 2 N–H and O–H groups in total. The number of aromatic nitrogens is 2. The number of hydrogen-bond acceptors (Lipinski definition) is 5. The first-order chi connectivity index (χ1) is 14.3. The zero-order valence-electron chi connectivity index (χ0n) is 17.4. The third-order valence-corrected chi connectivity index (χ3v) is 4.44. The van der Waals surface area contributed by atoms with Gasteiger partial charge in [0.2, 0.25) is 0 Å². The lowest BCUT2D eigenvalue weighted by Crippen LogP contribution is -2.15. The number of aromatic amines is 1. The molecule has 0 saturated carbocycles. The van der Waals surface area contributed by atoms with Crippen molar-refractivity contribution in [1.29, 1.82) is 0 Å². The van der Waals surface area contributed by atoms with Crippen molar-refractivity contribution >= 4 is 28.7 Å². The van der Waals surface area contributed by atoms with E-state index in [9.17, 15) is 9.59 Å². The second-order valence-corrected chi connectivity index (χ2v) is 7.12. The molecule has 0 aliphatic rings. The van der Waals surface area contributed by atoms with Crippen LogP contribution >= 0.6 is 0 Å². The summed E-state index contributed by atoms with van der Waals surface area (Å²) in [6, 6.07) is 14.4. The van der Waals surface area contributed by atoms with Crippen molar-refractivity contribution in [1.82, 2.24) is 9.78 Å². The number of rotatable bonds is 6. The van der Waals surface area contributed by atoms with Crippen molar-refractivity contribution in [3.63, 3.8) is 0 Å². The minimum atomic E-state index is -0.306. The zero-order chi connectivity index (χ0) is 21.8. The van der Waals surface area contributed by atoms with E-state index in [1.54, 1.807) is 38.1 Å². The monoisotopic (exact) mass is 404 g/mol. The summed E-state index contributed by atoms with van der Waals surface area (Å²) in [5, 5.41) is 14.1. The van der Waals surface area contributed by atoms with E-state index in [-0.39, 0.29) is 17.2 Å². The number of anilines is 2. The van der Waals surface area contributed by atoms with E-state index in [2.05, 4.69) is 27.2 Å². The highest BCUT2D eigenvalue weighted by Crippen LogP contribution is 2.22. The number of H-pyrrole nitrogens is 1. The summed E-state index contributed by atoms with van der Waals surface area (Å²) in [6.07, 6.45) is 0. The highest BCUT2D eigenvalue weighted by atomic mass is 16.1. The van der Waals surface area contributed by atoms with Gasteiger partial charge in [0, 0.05) is 31.0 Å². The largest absolute Gasteiger partial charge is 0.378 e. The molecule has 0 aliphatic heterocycles. The second kappa shape index (κ2) is 8.60. The third-order valence-electron chi connectivity index (χ3n) is 4.44. The molecule has 1 heterocycles. The lowest BCUT2D eigenvalue weighted by atomic mass is 10.2. The van der Waals surface area contributed by atoms with Crippen molar-refractivity contribution in [2.24, 2.45) is 10.2 Å². The first kappa shape index (κ1) is 20.8. The smallest absolute Gasteiger partial charge is 0.299 e. The van der Waals surface area contributed by atoms with Crippen molar-refractivity contribution in [3.05, 3.63) is 76.7 Å². The highest BCUT2D eigenvalue weighted by molar-refractivity contribution is 6.02. The van der Waals surface area contributed by atoms with Crippen molar-refractivity contribution in [2.75, 3.05) is 24.3 Å². The first-order valence-corrected chi connectivity index (χ1v) is 9.34. The normalized spacial score (nSPS) is 10.9. The Kier molecular flexibility index (Phi) is 5.96. The molecule has 2 aromatic carbocycles. The minimum Gasteiger partial charge on any atom is -0.378 e. The molecule has 0 fully saturated rings. The predicted molar refractivity (Wildman–Crippen MR) is 120 cm³/mol. The van der Waals surface area contributed by atoms with E-state index < -0.39 is 0 Å². The molecule has 0 aliphatic carbocycles. The van der Waals surface area contributed by atoms with Crippen molar-refractivity contribution in [3.8, 4) is 5.69 Å². The van der Waals surface area contributed by atoms with Gasteiger partial charge in [0.25, 0.3) is 11.5 Å². The number of azo groups is 1. The van der Waals surface area contributed by atoms with Crippen LogP contribution in [-0.4, -0.2) is 29.8 Å². The summed E-state index contributed by atoms with van der Waals surface area (Å²) in [7, 11) is 3.92. The van der Waals surface area contributed by atoms with E-state index in [1.165, 1.54) is 4.68 Å². The van der Waals surface area contributed by atoms with Gasteiger partial charge in [-0.1, -0.05) is 6.58 Å². The fraction of sp³-hybridized carbons (Fsp3) is 0.182. The number of nitrogens with zero attached hydrogens (tertiary/aromatic N) is 4. The Labute approximate surface area is 174 Å². The number of carbonyl (C=O) groups is 1. The van der Waals surface area contributed by atoms with Gasteiger partial charge in [-0.3, -0.25) is 14.7 Å². The zero-order valence-corrected chi connectivity index (χ0v) is 17.4. The van der Waals surface area contributed by atoms with Crippen LogP contribution in [0.3, 0.4) is 0 Å². The average molecular weight is 404 g/mol. The van der Waals surface area contributed by atoms with Crippen molar-refractivity contribution in [2.45, 2.75) is 13.8 Å². The van der Waals surface area contributed by atoms with Gasteiger partial charge in [-0.05, 0) is 62.4 Å². The molecular formula is C22H24N6O2. The van der Waals surface area contributed by atoms with Crippen LogP contribution in [-0.2, 0) is 4.79 Å². The maximum absolute atomic E-state index is 12.8. The number of nitrogens with one attached hydrogen (secondary N) is 2. The van der Waals surface area contributed by atoms with E-state index in [0.717, 1.165) is 5.69 Å². The Bertz CT molecular complexity index is 1150.